The fourth-order valence-corrected chi connectivity index (χ4v) is 2.24. The van der Waals surface area contributed by atoms with E-state index in [0.717, 1.165) is 10.8 Å². The zero-order chi connectivity index (χ0) is 17.8. The molecule has 0 aliphatic carbocycles. The van der Waals surface area contributed by atoms with Gasteiger partial charge in [0, 0.05) is 11.6 Å². The van der Waals surface area contributed by atoms with Crippen molar-refractivity contribution in [2.45, 2.75) is 0 Å². The van der Waals surface area contributed by atoms with Gasteiger partial charge in [0.25, 0.3) is 11.5 Å². The summed E-state index contributed by atoms with van der Waals surface area (Å²) in [5.74, 6) is -0.545. The zero-order valence-corrected chi connectivity index (χ0v) is 13.5. The number of rotatable bonds is 4. The van der Waals surface area contributed by atoms with Gasteiger partial charge in [-0.3, -0.25) is 9.59 Å². The van der Waals surface area contributed by atoms with Crippen LogP contribution in [0.4, 0.5) is 10.1 Å². The minimum Gasteiger partial charge on any atom is -0.372 e. The van der Waals surface area contributed by atoms with E-state index in [1.807, 2.05) is 0 Å². The van der Waals surface area contributed by atoms with Crippen LogP contribution < -0.4 is 15.7 Å². The number of hydrogen-bond donors (Lipinski definition) is 1. The Kier molecular flexibility index (Phi) is 4.81. The van der Waals surface area contributed by atoms with Crippen molar-refractivity contribution >= 4 is 23.2 Å². The molecule has 0 saturated heterocycles. The van der Waals surface area contributed by atoms with Crippen molar-refractivity contribution in [3.8, 4) is 5.75 Å². The van der Waals surface area contributed by atoms with Gasteiger partial charge in [-0.25, -0.2) is 4.39 Å². The zero-order valence-electron chi connectivity index (χ0n) is 12.8. The van der Waals surface area contributed by atoms with Crippen LogP contribution in [0.25, 0.3) is 0 Å². The first-order valence-electron chi connectivity index (χ1n) is 7.25. The molecular weight excluding hydrogens is 347 g/mol. The first-order valence-corrected chi connectivity index (χ1v) is 7.63. The Bertz CT molecular complexity index is 956. The molecule has 0 bridgehead atoms. The number of carbonyl (C=O) groups is 1. The number of halogens is 2. The van der Waals surface area contributed by atoms with E-state index in [4.69, 9.17) is 16.4 Å². The molecule has 7 heteroatoms. The van der Waals surface area contributed by atoms with E-state index in [1.54, 1.807) is 30.3 Å². The number of nitrogens with one attached hydrogen (secondary N) is 1. The number of aromatic nitrogens is 1. The summed E-state index contributed by atoms with van der Waals surface area (Å²) in [5, 5.41) is 2.69. The number of hydrogen-bond acceptors (Lipinski definition) is 3. The molecule has 0 atom stereocenters. The molecule has 0 fully saturated rings. The van der Waals surface area contributed by atoms with Crippen LogP contribution in [0, 0.1) is 5.82 Å². The molecule has 1 aromatic heterocycles. The average Bonchev–Trinajstić information content (AvgIpc) is 2.62. The smallest absolute Gasteiger partial charge is 0.285 e. The Morgan fingerprint density at radius 2 is 1.76 bits per heavy atom. The number of nitrogens with zero attached hydrogens (tertiary/aromatic N) is 1. The second-order valence-electron chi connectivity index (χ2n) is 5.06. The molecule has 0 aliphatic rings. The molecular formula is C18H12ClFN2O3. The Hall–Kier alpha value is -3.12. The second kappa shape index (κ2) is 7.19. The molecule has 1 heterocycles. The lowest BCUT2D eigenvalue weighted by Gasteiger charge is -2.11. The normalized spacial score (nSPS) is 10.3. The molecule has 126 valence electrons. The van der Waals surface area contributed by atoms with Crippen molar-refractivity contribution in [2.75, 3.05) is 5.32 Å². The summed E-state index contributed by atoms with van der Waals surface area (Å²) in [4.78, 5) is 29.6. The molecule has 0 aliphatic heterocycles. The molecule has 0 radical (unpaired) electrons. The average molecular weight is 359 g/mol. The van der Waals surface area contributed by atoms with E-state index >= 15 is 0 Å². The third kappa shape index (κ3) is 4.05. The standard InChI is InChI=1S/C18H12ClFN2O3/c19-15-11-22(25-14-8-6-13(20)7-9-14)17(23)10-16(15)21-18(24)12-4-2-1-3-5-12/h1-11H,(H,21,24). The lowest BCUT2D eigenvalue weighted by Crippen LogP contribution is -2.24. The van der Waals surface area contributed by atoms with Gasteiger partial charge in [-0.15, -0.1) is 4.73 Å². The van der Waals surface area contributed by atoms with Crippen molar-refractivity contribution < 1.29 is 14.0 Å². The van der Waals surface area contributed by atoms with Crippen LogP contribution in [0.5, 0.6) is 5.75 Å². The predicted molar refractivity (Wildman–Crippen MR) is 92.5 cm³/mol. The van der Waals surface area contributed by atoms with Gasteiger partial charge in [-0.2, -0.15) is 0 Å². The molecule has 3 aromatic rings. The SMILES string of the molecule is O=C(Nc1cc(=O)n(Oc2ccc(F)cc2)cc1Cl)c1ccccc1. The van der Waals surface area contributed by atoms with Crippen molar-refractivity contribution in [1.82, 2.24) is 4.73 Å². The Morgan fingerprint density at radius 3 is 2.44 bits per heavy atom. The summed E-state index contributed by atoms with van der Waals surface area (Å²) in [6.07, 6.45) is 1.23. The van der Waals surface area contributed by atoms with Crippen LogP contribution in [0.3, 0.4) is 0 Å². The number of anilines is 1. The van der Waals surface area contributed by atoms with Gasteiger partial charge in [0.15, 0.2) is 5.75 Å². The van der Waals surface area contributed by atoms with Crippen LogP contribution in [0.1, 0.15) is 10.4 Å². The van der Waals surface area contributed by atoms with Gasteiger partial charge in [0.1, 0.15) is 5.82 Å². The molecule has 0 spiro atoms. The largest absolute Gasteiger partial charge is 0.372 e. The highest BCUT2D eigenvalue weighted by molar-refractivity contribution is 6.33. The predicted octanol–water partition coefficient (Wildman–Crippen LogP) is 3.74. The first kappa shape index (κ1) is 16.7. The Morgan fingerprint density at radius 1 is 1.08 bits per heavy atom. The number of pyridine rings is 1. The minimum atomic E-state index is -0.544. The summed E-state index contributed by atoms with van der Waals surface area (Å²) in [5.41, 5.74) is 0.0573. The summed E-state index contributed by atoms with van der Waals surface area (Å²) >= 11 is 6.11. The molecule has 5 nitrogen and oxygen atoms in total. The molecule has 2 aromatic carbocycles. The maximum absolute atomic E-state index is 12.9. The van der Waals surface area contributed by atoms with Gasteiger partial charge in [-0.05, 0) is 36.4 Å². The monoisotopic (exact) mass is 358 g/mol. The Balaban J connectivity index is 1.81. The third-order valence-electron chi connectivity index (χ3n) is 3.27. The fourth-order valence-electron chi connectivity index (χ4n) is 2.05. The maximum Gasteiger partial charge on any atom is 0.285 e. The topological polar surface area (TPSA) is 60.3 Å². The maximum atomic E-state index is 12.9. The lowest BCUT2D eigenvalue weighted by molar-refractivity contribution is 0.102. The van der Waals surface area contributed by atoms with Crippen molar-refractivity contribution in [3.63, 3.8) is 0 Å². The first-order chi connectivity index (χ1) is 12.0. The number of benzene rings is 2. The highest BCUT2D eigenvalue weighted by Crippen LogP contribution is 2.20. The van der Waals surface area contributed by atoms with Gasteiger partial charge >= 0.3 is 0 Å². The summed E-state index contributed by atoms with van der Waals surface area (Å²) in [6, 6.07) is 14.8. The summed E-state index contributed by atoms with van der Waals surface area (Å²) in [6.45, 7) is 0. The van der Waals surface area contributed by atoms with E-state index < -0.39 is 11.4 Å². The molecule has 1 amide bonds. The van der Waals surface area contributed by atoms with Crippen LogP contribution in [0.2, 0.25) is 5.02 Å². The van der Waals surface area contributed by atoms with E-state index in [2.05, 4.69) is 5.32 Å². The van der Waals surface area contributed by atoms with Gasteiger partial charge in [-0.1, -0.05) is 29.8 Å². The van der Waals surface area contributed by atoms with E-state index in [1.165, 1.54) is 30.5 Å². The van der Waals surface area contributed by atoms with Crippen LogP contribution >= 0.6 is 11.6 Å². The van der Waals surface area contributed by atoms with Gasteiger partial charge in [0.05, 0.1) is 16.9 Å². The third-order valence-corrected chi connectivity index (χ3v) is 3.58. The molecule has 25 heavy (non-hydrogen) atoms. The van der Waals surface area contributed by atoms with Gasteiger partial charge < -0.3 is 10.2 Å². The van der Waals surface area contributed by atoms with E-state index in [9.17, 15) is 14.0 Å². The van der Waals surface area contributed by atoms with Gasteiger partial charge in [0.2, 0.25) is 0 Å². The summed E-state index contributed by atoms with van der Waals surface area (Å²) < 4.78 is 13.8. The van der Waals surface area contributed by atoms with Crippen molar-refractivity contribution in [1.29, 1.82) is 0 Å². The highest BCUT2D eigenvalue weighted by atomic mass is 35.5. The van der Waals surface area contributed by atoms with E-state index in [0.29, 0.717) is 5.56 Å². The second-order valence-corrected chi connectivity index (χ2v) is 5.47. The Labute approximate surface area is 147 Å². The van der Waals surface area contributed by atoms with Crippen LogP contribution in [-0.4, -0.2) is 10.6 Å². The van der Waals surface area contributed by atoms with Crippen molar-refractivity contribution in [2.24, 2.45) is 0 Å². The molecule has 3 rings (SSSR count). The number of carbonyl (C=O) groups excluding carboxylic acids is 1. The quantitative estimate of drug-likeness (QED) is 0.773. The van der Waals surface area contributed by atoms with Crippen LogP contribution in [0.15, 0.2) is 71.7 Å². The molecule has 0 unspecified atom stereocenters. The fraction of sp³-hybridized carbons (Fsp3) is 0. The number of amides is 1. The summed E-state index contributed by atoms with van der Waals surface area (Å²) in [7, 11) is 0. The van der Waals surface area contributed by atoms with Crippen LogP contribution in [-0.2, 0) is 0 Å². The minimum absolute atomic E-state index is 0.117. The van der Waals surface area contributed by atoms with E-state index in [-0.39, 0.29) is 22.4 Å². The molecule has 0 saturated carbocycles. The highest BCUT2D eigenvalue weighted by Gasteiger charge is 2.11. The van der Waals surface area contributed by atoms with Crippen molar-refractivity contribution in [3.05, 3.63) is 93.6 Å². The molecule has 1 N–H and O–H groups in total. The lowest BCUT2D eigenvalue weighted by atomic mass is 10.2.